The summed E-state index contributed by atoms with van der Waals surface area (Å²) in [4.78, 5) is 45.1. The number of nitrogens with zero attached hydrogens (tertiary/aromatic N) is 2. The molecule has 190 valence electrons. The van der Waals surface area contributed by atoms with Gasteiger partial charge in [-0.05, 0) is 71.3 Å². The Morgan fingerprint density at radius 2 is 1.84 bits per heavy atom. The number of aromatic carboxylic acids is 1. The van der Waals surface area contributed by atoms with Gasteiger partial charge in [0.2, 0.25) is 5.91 Å². The molecule has 2 amide bonds. The van der Waals surface area contributed by atoms with Crippen molar-refractivity contribution in [3.63, 3.8) is 0 Å². The number of nitrogens with one attached hydrogen (secondary N) is 1. The van der Waals surface area contributed by atoms with E-state index in [2.05, 4.69) is 10.3 Å². The van der Waals surface area contributed by atoms with Crippen LogP contribution < -0.4 is 11.1 Å². The molecule has 2 heterocycles. The molecule has 0 spiro atoms. The molecule has 0 saturated heterocycles. The van der Waals surface area contributed by atoms with Crippen LogP contribution in [0.3, 0.4) is 0 Å². The van der Waals surface area contributed by atoms with Crippen molar-refractivity contribution in [2.24, 2.45) is 0 Å². The van der Waals surface area contributed by atoms with Crippen LogP contribution in [0.15, 0.2) is 85.1 Å². The Balaban J connectivity index is 1.59. The molecule has 9 heteroatoms. The summed E-state index contributed by atoms with van der Waals surface area (Å²) in [5, 5.41) is 13.0. The number of amides is 2. The summed E-state index contributed by atoms with van der Waals surface area (Å²) in [5.41, 5.74) is 9.58. The van der Waals surface area contributed by atoms with Gasteiger partial charge in [-0.15, -0.1) is 0 Å². The van der Waals surface area contributed by atoms with E-state index in [9.17, 15) is 19.5 Å². The van der Waals surface area contributed by atoms with E-state index in [0.29, 0.717) is 44.3 Å². The number of halogens is 1. The number of nitrogens with two attached hydrogens (primary N) is 1. The van der Waals surface area contributed by atoms with Crippen molar-refractivity contribution in [3.05, 3.63) is 112 Å². The summed E-state index contributed by atoms with van der Waals surface area (Å²) >= 11 is 6.14. The maximum absolute atomic E-state index is 13.8. The fraction of sp³-hybridized carbons (Fsp3) is 0.103. The molecule has 0 radical (unpaired) electrons. The smallest absolute Gasteiger partial charge is 0.336 e. The lowest BCUT2D eigenvalue weighted by atomic mass is 9.96. The molecule has 8 nitrogen and oxygen atoms in total. The molecular weight excluding hydrogens is 504 g/mol. The number of aromatic nitrogens is 1. The lowest BCUT2D eigenvalue weighted by Gasteiger charge is -2.29. The second kappa shape index (κ2) is 10.4. The van der Waals surface area contributed by atoms with E-state index < -0.39 is 12.0 Å². The van der Waals surface area contributed by atoms with Gasteiger partial charge in [-0.3, -0.25) is 14.6 Å². The van der Waals surface area contributed by atoms with Crippen LogP contribution in [0.5, 0.6) is 0 Å². The van der Waals surface area contributed by atoms with Gasteiger partial charge in [-0.25, -0.2) is 4.79 Å². The molecule has 3 aromatic carbocycles. The van der Waals surface area contributed by atoms with Crippen molar-refractivity contribution >= 4 is 40.8 Å². The van der Waals surface area contributed by atoms with E-state index in [-0.39, 0.29) is 30.3 Å². The maximum atomic E-state index is 13.8. The molecule has 1 aliphatic rings. The Bertz CT molecular complexity index is 1560. The average molecular weight is 527 g/mol. The van der Waals surface area contributed by atoms with Crippen LogP contribution in [0.1, 0.15) is 32.0 Å². The van der Waals surface area contributed by atoms with Gasteiger partial charge in [0, 0.05) is 35.6 Å². The minimum absolute atomic E-state index is 0.0566. The number of rotatable bonds is 6. The maximum Gasteiger partial charge on any atom is 0.336 e. The molecule has 0 aliphatic carbocycles. The van der Waals surface area contributed by atoms with Crippen LogP contribution in [0, 0.1) is 0 Å². The topological polar surface area (TPSA) is 126 Å². The van der Waals surface area contributed by atoms with Crippen molar-refractivity contribution < 1.29 is 19.5 Å². The largest absolute Gasteiger partial charge is 0.478 e. The molecule has 4 N–H and O–H groups in total. The number of hydrogen-bond donors (Lipinski definition) is 3. The van der Waals surface area contributed by atoms with E-state index in [1.165, 1.54) is 11.0 Å². The molecule has 5 rings (SSSR count). The van der Waals surface area contributed by atoms with Crippen LogP contribution in [0.25, 0.3) is 11.1 Å². The Hall–Kier alpha value is -4.69. The van der Waals surface area contributed by atoms with Crippen molar-refractivity contribution in [1.82, 2.24) is 9.88 Å². The van der Waals surface area contributed by atoms with Gasteiger partial charge >= 0.3 is 5.97 Å². The lowest BCUT2D eigenvalue weighted by molar-refractivity contribution is -0.120. The van der Waals surface area contributed by atoms with Crippen molar-refractivity contribution in [3.8, 4) is 11.1 Å². The first kappa shape index (κ1) is 25.0. The zero-order valence-corrected chi connectivity index (χ0v) is 20.9. The quantitative estimate of drug-likeness (QED) is 0.307. The first-order valence-electron chi connectivity index (χ1n) is 11.8. The Kier molecular flexibility index (Phi) is 6.81. The molecule has 1 atom stereocenters. The van der Waals surface area contributed by atoms with Gasteiger partial charge in [0.1, 0.15) is 6.04 Å². The Morgan fingerprint density at radius 1 is 1.00 bits per heavy atom. The second-order valence-corrected chi connectivity index (χ2v) is 9.40. The highest BCUT2D eigenvalue weighted by molar-refractivity contribution is 6.31. The van der Waals surface area contributed by atoms with E-state index >= 15 is 0 Å². The minimum Gasteiger partial charge on any atom is -0.478 e. The lowest BCUT2D eigenvalue weighted by Crippen LogP contribution is -2.46. The number of benzene rings is 3. The Labute approximate surface area is 223 Å². The molecular formula is C29H23ClN4O4. The third kappa shape index (κ3) is 5.07. The molecule has 0 saturated carbocycles. The number of fused-ring (bicyclic) bond motifs is 1. The average Bonchev–Trinajstić information content (AvgIpc) is 2.99. The van der Waals surface area contributed by atoms with Crippen LogP contribution in [0.4, 0.5) is 11.4 Å². The SMILES string of the molecule is Nc1cccc(-c2cc(CN3C(=O)c4ccc(Cl)cc4NC(=O)[C@H]3Cc3ccccn3)ccc2C(=O)O)c1. The van der Waals surface area contributed by atoms with E-state index in [1.54, 1.807) is 72.9 Å². The van der Waals surface area contributed by atoms with Crippen LogP contribution >= 0.6 is 11.6 Å². The highest BCUT2D eigenvalue weighted by Crippen LogP contribution is 2.31. The zero-order chi connectivity index (χ0) is 26.8. The van der Waals surface area contributed by atoms with Gasteiger partial charge in [0.05, 0.1) is 16.8 Å². The number of nitrogen functional groups attached to an aromatic ring is 1. The predicted octanol–water partition coefficient (Wildman–Crippen LogP) is 4.89. The number of pyridine rings is 1. The van der Waals surface area contributed by atoms with Crippen LogP contribution in [-0.2, 0) is 17.8 Å². The number of carboxylic acid groups (broad SMARTS) is 1. The van der Waals surface area contributed by atoms with E-state index in [0.717, 1.165) is 0 Å². The van der Waals surface area contributed by atoms with Crippen LogP contribution in [0.2, 0.25) is 5.02 Å². The monoisotopic (exact) mass is 526 g/mol. The summed E-state index contributed by atoms with van der Waals surface area (Å²) in [6.07, 6.45) is 1.82. The molecule has 0 fully saturated rings. The fourth-order valence-electron chi connectivity index (χ4n) is 4.58. The fourth-order valence-corrected chi connectivity index (χ4v) is 4.75. The van der Waals surface area contributed by atoms with Crippen LogP contribution in [-0.4, -0.2) is 38.8 Å². The molecule has 4 aromatic rings. The van der Waals surface area contributed by atoms with E-state index in [4.69, 9.17) is 17.3 Å². The van der Waals surface area contributed by atoms with Crippen molar-refractivity contribution in [2.45, 2.75) is 19.0 Å². The zero-order valence-electron chi connectivity index (χ0n) is 20.1. The number of carbonyl (C=O) groups is 3. The predicted molar refractivity (Wildman–Crippen MR) is 145 cm³/mol. The molecule has 1 aliphatic heterocycles. The number of hydrogen-bond acceptors (Lipinski definition) is 5. The second-order valence-electron chi connectivity index (χ2n) is 8.96. The highest BCUT2D eigenvalue weighted by atomic mass is 35.5. The third-order valence-corrected chi connectivity index (χ3v) is 6.64. The Morgan fingerprint density at radius 3 is 2.58 bits per heavy atom. The van der Waals surface area contributed by atoms with Gasteiger partial charge in [0.15, 0.2) is 0 Å². The number of carbonyl (C=O) groups excluding carboxylic acids is 2. The summed E-state index contributed by atoms with van der Waals surface area (Å²) in [7, 11) is 0. The first-order chi connectivity index (χ1) is 18.3. The van der Waals surface area contributed by atoms with Crippen molar-refractivity contribution in [1.29, 1.82) is 0 Å². The molecule has 1 aromatic heterocycles. The summed E-state index contributed by atoms with van der Waals surface area (Å²) in [5.74, 6) is -1.81. The molecule has 0 unspecified atom stereocenters. The van der Waals surface area contributed by atoms with Gasteiger partial charge in [-0.2, -0.15) is 0 Å². The first-order valence-corrected chi connectivity index (χ1v) is 12.2. The number of carboxylic acids is 1. The summed E-state index contributed by atoms with van der Waals surface area (Å²) < 4.78 is 0. The minimum atomic E-state index is -1.09. The third-order valence-electron chi connectivity index (χ3n) is 6.40. The molecule has 0 bridgehead atoms. The summed E-state index contributed by atoms with van der Waals surface area (Å²) in [6.45, 7) is 0.0566. The standard InChI is InChI=1S/C29H23ClN4O4/c30-19-8-10-23-25(14-19)33-27(35)26(15-21-6-1-2-11-32-21)34(28(23)36)16-17-7-9-22(29(37)38)24(12-17)18-4-3-5-20(31)13-18/h1-14,26H,15-16,31H2,(H,33,35)(H,37,38)/t26-/m1/s1. The van der Waals surface area contributed by atoms with Crippen molar-refractivity contribution in [2.75, 3.05) is 11.1 Å². The van der Waals surface area contributed by atoms with Gasteiger partial charge in [-0.1, -0.05) is 35.9 Å². The van der Waals surface area contributed by atoms with E-state index in [1.807, 2.05) is 6.07 Å². The number of anilines is 2. The molecule has 38 heavy (non-hydrogen) atoms. The highest BCUT2D eigenvalue weighted by Gasteiger charge is 2.36. The summed E-state index contributed by atoms with van der Waals surface area (Å²) in [6, 6.07) is 21.0. The normalized spacial score (nSPS) is 15.0. The van der Waals surface area contributed by atoms with Gasteiger partial charge < -0.3 is 21.1 Å². The van der Waals surface area contributed by atoms with Gasteiger partial charge in [0.25, 0.3) is 5.91 Å².